The molecule has 28 heavy (non-hydrogen) atoms. The van der Waals surface area contributed by atoms with Crippen LogP contribution in [0.5, 0.6) is 0 Å². The number of carbonyl (C=O) groups is 4. The molecule has 0 aliphatic carbocycles. The number of amides is 1. The highest BCUT2D eigenvalue weighted by Gasteiger charge is 2.50. The van der Waals surface area contributed by atoms with E-state index in [4.69, 9.17) is 0 Å². The van der Waals surface area contributed by atoms with Crippen molar-refractivity contribution in [3.63, 3.8) is 0 Å². The summed E-state index contributed by atoms with van der Waals surface area (Å²) in [5, 5.41) is 2.75. The molecule has 0 saturated carbocycles. The molecule has 1 fully saturated rings. The minimum atomic E-state index is -1.48. The fourth-order valence-corrected chi connectivity index (χ4v) is 4.01. The summed E-state index contributed by atoms with van der Waals surface area (Å²) >= 11 is 0. The fraction of sp³-hybridized carbons (Fsp3) is 0.826. The first-order chi connectivity index (χ1) is 13.4. The van der Waals surface area contributed by atoms with Gasteiger partial charge in [0.05, 0.1) is 0 Å². The van der Waals surface area contributed by atoms with Gasteiger partial charge in [-0.05, 0) is 25.7 Å². The molecule has 5 heteroatoms. The van der Waals surface area contributed by atoms with Crippen LogP contribution in [0.3, 0.4) is 0 Å². The predicted molar refractivity (Wildman–Crippen MR) is 111 cm³/mol. The maximum absolute atomic E-state index is 13.1. The van der Waals surface area contributed by atoms with Gasteiger partial charge in [-0.3, -0.25) is 19.2 Å². The summed E-state index contributed by atoms with van der Waals surface area (Å²) in [6, 6.07) is 0. The second-order valence-electron chi connectivity index (χ2n) is 8.24. The summed E-state index contributed by atoms with van der Waals surface area (Å²) in [6.07, 6.45) is 9.25. The molecule has 5 nitrogen and oxygen atoms in total. The summed E-state index contributed by atoms with van der Waals surface area (Å²) in [7, 11) is 0. The Balaban J connectivity index is 2.99. The second kappa shape index (κ2) is 12.8. The summed E-state index contributed by atoms with van der Waals surface area (Å²) < 4.78 is 0. The van der Waals surface area contributed by atoms with Crippen molar-refractivity contribution >= 4 is 23.3 Å². The standard InChI is InChI=1S/C23H39NO4/c1-4-7-10-13-19(25)18-16-22(28)24-23(17-18,20(26)14-11-8-5-2)21(27)15-12-9-6-3/h18H,4-17H2,1-3H3,(H,24,28). The molecule has 1 aliphatic heterocycles. The molecule has 1 saturated heterocycles. The Bertz CT molecular complexity index is 519. The molecule has 1 rings (SSSR count). The molecule has 0 radical (unpaired) electrons. The molecule has 0 aromatic rings. The van der Waals surface area contributed by atoms with Crippen LogP contribution in [0.25, 0.3) is 0 Å². The first-order valence-electron chi connectivity index (χ1n) is 11.3. The van der Waals surface area contributed by atoms with Crippen molar-refractivity contribution in [1.29, 1.82) is 0 Å². The number of hydrogen-bond acceptors (Lipinski definition) is 4. The maximum Gasteiger partial charge on any atom is 0.221 e. The number of ketones is 3. The Morgan fingerprint density at radius 1 is 0.821 bits per heavy atom. The third-order valence-corrected chi connectivity index (χ3v) is 5.79. The van der Waals surface area contributed by atoms with E-state index in [9.17, 15) is 19.2 Å². The van der Waals surface area contributed by atoms with Crippen LogP contribution < -0.4 is 5.32 Å². The van der Waals surface area contributed by atoms with Gasteiger partial charge in [-0.15, -0.1) is 0 Å². The number of piperidine rings is 1. The highest BCUT2D eigenvalue weighted by atomic mass is 16.2. The van der Waals surface area contributed by atoms with Gasteiger partial charge in [0.25, 0.3) is 0 Å². The molecule has 0 spiro atoms. The van der Waals surface area contributed by atoms with Gasteiger partial charge in [0.2, 0.25) is 5.91 Å². The number of carbonyl (C=O) groups excluding carboxylic acids is 4. The Morgan fingerprint density at radius 2 is 1.29 bits per heavy atom. The highest BCUT2D eigenvalue weighted by molar-refractivity contribution is 6.15. The number of nitrogens with one attached hydrogen (secondary N) is 1. The number of hydrogen-bond donors (Lipinski definition) is 1. The van der Waals surface area contributed by atoms with Crippen LogP contribution in [0.15, 0.2) is 0 Å². The SMILES string of the molecule is CCCCCC(=O)C1CC(=O)NC(C(=O)CCCCC)(C(=O)CCCCC)C1. The van der Waals surface area contributed by atoms with Crippen molar-refractivity contribution in [3.8, 4) is 0 Å². The first-order valence-corrected chi connectivity index (χ1v) is 11.3. The van der Waals surface area contributed by atoms with Crippen LogP contribution in [0.4, 0.5) is 0 Å². The zero-order valence-corrected chi connectivity index (χ0v) is 18.1. The third-order valence-electron chi connectivity index (χ3n) is 5.79. The normalized spacial score (nSPS) is 18.5. The molecular formula is C23H39NO4. The molecule has 0 aromatic heterocycles. The lowest BCUT2D eigenvalue weighted by atomic mass is 9.72. The molecule has 1 N–H and O–H groups in total. The maximum atomic E-state index is 13.1. The van der Waals surface area contributed by atoms with Crippen molar-refractivity contribution in [2.45, 2.75) is 116 Å². The average Bonchev–Trinajstić information content (AvgIpc) is 2.67. The van der Waals surface area contributed by atoms with E-state index in [0.717, 1.165) is 44.9 Å². The number of unbranched alkanes of at least 4 members (excludes halogenated alkanes) is 6. The monoisotopic (exact) mass is 393 g/mol. The van der Waals surface area contributed by atoms with Crippen LogP contribution in [-0.2, 0) is 19.2 Å². The summed E-state index contributed by atoms with van der Waals surface area (Å²) in [4.78, 5) is 51.3. The number of Topliss-reactive ketones (excluding diaryl/α,β-unsaturated/α-hetero) is 3. The lowest BCUT2D eigenvalue weighted by Crippen LogP contribution is -2.64. The van der Waals surface area contributed by atoms with E-state index in [1.807, 2.05) is 0 Å². The Labute approximate surface area is 170 Å². The van der Waals surface area contributed by atoms with E-state index >= 15 is 0 Å². The molecule has 0 bridgehead atoms. The van der Waals surface area contributed by atoms with Crippen molar-refractivity contribution in [2.24, 2.45) is 5.92 Å². The van der Waals surface area contributed by atoms with Gasteiger partial charge in [0.15, 0.2) is 17.1 Å². The molecule has 160 valence electrons. The van der Waals surface area contributed by atoms with Gasteiger partial charge in [-0.2, -0.15) is 0 Å². The van der Waals surface area contributed by atoms with Gasteiger partial charge in [-0.25, -0.2) is 0 Å². The molecule has 1 amide bonds. The van der Waals surface area contributed by atoms with Gasteiger partial charge in [0, 0.05) is 31.6 Å². The van der Waals surface area contributed by atoms with Crippen molar-refractivity contribution < 1.29 is 19.2 Å². The third kappa shape index (κ3) is 7.14. The fourth-order valence-electron chi connectivity index (χ4n) is 4.01. The van der Waals surface area contributed by atoms with Gasteiger partial charge < -0.3 is 5.32 Å². The molecule has 0 aromatic carbocycles. The van der Waals surface area contributed by atoms with E-state index in [0.29, 0.717) is 19.3 Å². The topological polar surface area (TPSA) is 80.3 Å². The average molecular weight is 394 g/mol. The van der Waals surface area contributed by atoms with E-state index in [1.54, 1.807) is 0 Å². The van der Waals surface area contributed by atoms with E-state index in [2.05, 4.69) is 26.1 Å². The molecule has 1 unspecified atom stereocenters. The quantitative estimate of drug-likeness (QED) is 0.323. The summed E-state index contributed by atoms with van der Waals surface area (Å²) in [6.45, 7) is 6.19. The van der Waals surface area contributed by atoms with Crippen LogP contribution in [0.1, 0.15) is 111 Å². The van der Waals surface area contributed by atoms with Crippen molar-refractivity contribution in [3.05, 3.63) is 0 Å². The Hall–Kier alpha value is -1.52. The number of rotatable bonds is 15. The van der Waals surface area contributed by atoms with Crippen molar-refractivity contribution in [1.82, 2.24) is 5.32 Å². The highest BCUT2D eigenvalue weighted by Crippen LogP contribution is 2.32. The zero-order valence-electron chi connectivity index (χ0n) is 18.1. The van der Waals surface area contributed by atoms with Gasteiger partial charge in [0.1, 0.15) is 5.78 Å². The molecule has 1 atom stereocenters. The minimum Gasteiger partial charge on any atom is -0.337 e. The van der Waals surface area contributed by atoms with Crippen LogP contribution in [0, 0.1) is 5.92 Å². The smallest absolute Gasteiger partial charge is 0.221 e. The minimum absolute atomic E-state index is 0.0235. The largest absolute Gasteiger partial charge is 0.337 e. The molecular weight excluding hydrogens is 354 g/mol. The first kappa shape index (κ1) is 24.5. The Morgan fingerprint density at radius 3 is 1.75 bits per heavy atom. The van der Waals surface area contributed by atoms with E-state index in [1.165, 1.54) is 0 Å². The molecule has 1 aliphatic rings. The lowest BCUT2D eigenvalue weighted by molar-refractivity contribution is -0.147. The summed E-state index contributed by atoms with van der Waals surface area (Å²) in [5.41, 5.74) is -1.48. The predicted octanol–water partition coefficient (Wildman–Crippen LogP) is 4.70. The Kier molecular flexibility index (Phi) is 11.2. The van der Waals surface area contributed by atoms with Gasteiger partial charge in [-0.1, -0.05) is 59.3 Å². The second-order valence-corrected chi connectivity index (χ2v) is 8.24. The van der Waals surface area contributed by atoms with E-state index in [-0.39, 0.29) is 48.9 Å². The summed E-state index contributed by atoms with van der Waals surface area (Å²) in [5.74, 6) is -1.25. The van der Waals surface area contributed by atoms with Crippen LogP contribution in [0.2, 0.25) is 0 Å². The van der Waals surface area contributed by atoms with Crippen LogP contribution in [-0.4, -0.2) is 28.8 Å². The zero-order chi connectivity index (χ0) is 21.0. The van der Waals surface area contributed by atoms with Gasteiger partial charge >= 0.3 is 0 Å². The van der Waals surface area contributed by atoms with Crippen LogP contribution >= 0.6 is 0 Å². The molecule has 1 heterocycles. The van der Waals surface area contributed by atoms with Crippen molar-refractivity contribution in [2.75, 3.05) is 0 Å². The lowest BCUT2D eigenvalue weighted by Gasteiger charge is -2.39. The van der Waals surface area contributed by atoms with E-state index < -0.39 is 11.5 Å².